The number of nitrogens with two attached hydrogens (primary N) is 1. The number of nitrogens with one attached hydrogen (secondary N) is 1. The Bertz CT molecular complexity index is 957. The highest BCUT2D eigenvalue weighted by atomic mass is 35.5. The van der Waals surface area contributed by atoms with Crippen LogP contribution in [0, 0.1) is 12.8 Å². The Morgan fingerprint density at radius 3 is 2.45 bits per heavy atom. The summed E-state index contributed by atoms with van der Waals surface area (Å²) in [5.41, 5.74) is 9.67. The number of aryl methyl sites for hydroxylation is 2. The van der Waals surface area contributed by atoms with Crippen LogP contribution >= 0.6 is 24.8 Å². The van der Waals surface area contributed by atoms with Crippen molar-refractivity contribution >= 4 is 41.8 Å². The highest BCUT2D eigenvalue weighted by molar-refractivity contribution is 6.07. The van der Waals surface area contributed by atoms with Crippen molar-refractivity contribution in [2.75, 3.05) is 6.54 Å². The normalized spacial score (nSPS) is 11.7. The van der Waals surface area contributed by atoms with Crippen LogP contribution in [0.15, 0.2) is 36.4 Å². The highest BCUT2D eigenvalue weighted by Crippen LogP contribution is 2.27. The van der Waals surface area contributed by atoms with E-state index in [0.29, 0.717) is 23.7 Å². The van der Waals surface area contributed by atoms with Crippen LogP contribution in [-0.2, 0) is 7.05 Å². The quantitative estimate of drug-likeness (QED) is 0.612. The van der Waals surface area contributed by atoms with E-state index in [9.17, 15) is 4.79 Å². The standard InChI is InChI=1S/C21H27N5O.2ClH/c1-13(2)10-16(12-22)23-21(27)17-11-18(15-8-6-5-7-9-15)24-20-19(17)14(3)25-26(20)4;;/h5-9,11,13,16H,10,12,22H2,1-4H3,(H,23,27);2*1H. The third-order valence-corrected chi connectivity index (χ3v) is 4.66. The lowest BCUT2D eigenvalue weighted by molar-refractivity contribution is 0.0935. The van der Waals surface area contributed by atoms with Crippen LogP contribution in [0.1, 0.15) is 36.3 Å². The van der Waals surface area contributed by atoms with Gasteiger partial charge in [0.2, 0.25) is 0 Å². The minimum absolute atomic E-state index is 0. The van der Waals surface area contributed by atoms with E-state index in [4.69, 9.17) is 10.7 Å². The zero-order chi connectivity index (χ0) is 19.6. The van der Waals surface area contributed by atoms with Gasteiger partial charge < -0.3 is 11.1 Å². The van der Waals surface area contributed by atoms with E-state index in [-0.39, 0.29) is 36.8 Å². The molecule has 3 aromatic rings. The summed E-state index contributed by atoms with van der Waals surface area (Å²) in [6.07, 6.45) is 0.841. The number of rotatable bonds is 6. The zero-order valence-corrected chi connectivity index (χ0v) is 18.8. The van der Waals surface area contributed by atoms with E-state index in [1.165, 1.54) is 0 Å². The SMILES string of the molecule is Cc1nn(C)c2nc(-c3ccccc3)cc(C(=O)NC(CN)CC(C)C)c12.Cl.Cl. The maximum atomic E-state index is 13.1. The third-order valence-electron chi connectivity index (χ3n) is 4.66. The lowest BCUT2D eigenvalue weighted by Gasteiger charge is -2.19. The fraction of sp³-hybridized carbons (Fsp3) is 0.381. The third kappa shape index (κ3) is 5.47. The molecule has 6 nitrogen and oxygen atoms in total. The molecule has 0 radical (unpaired) electrons. The van der Waals surface area contributed by atoms with Gasteiger partial charge in [-0.1, -0.05) is 44.2 Å². The molecule has 0 bridgehead atoms. The number of aromatic nitrogens is 3. The second kappa shape index (κ2) is 10.6. The number of carbonyl (C=O) groups excluding carboxylic acids is 1. The summed E-state index contributed by atoms with van der Waals surface area (Å²) in [7, 11) is 1.85. The Balaban J connectivity index is 0.00000210. The molecule has 3 N–H and O–H groups in total. The predicted octanol–water partition coefficient (Wildman–Crippen LogP) is 3.89. The van der Waals surface area contributed by atoms with E-state index in [1.807, 2.05) is 50.4 Å². The van der Waals surface area contributed by atoms with Crippen LogP contribution < -0.4 is 11.1 Å². The van der Waals surface area contributed by atoms with Crippen LogP contribution in [0.25, 0.3) is 22.3 Å². The van der Waals surface area contributed by atoms with Crippen molar-refractivity contribution in [3.8, 4) is 11.3 Å². The van der Waals surface area contributed by atoms with Crippen molar-refractivity contribution in [1.82, 2.24) is 20.1 Å². The number of hydrogen-bond donors (Lipinski definition) is 2. The Morgan fingerprint density at radius 2 is 1.86 bits per heavy atom. The van der Waals surface area contributed by atoms with Gasteiger partial charge in [0, 0.05) is 25.2 Å². The number of fused-ring (bicyclic) bond motifs is 1. The number of amides is 1. The molecule has 0 saturated heterocycles. The minimum Gasteiger partial charge on any atom is -0.348 e. The molecular weight excluding hydrogens is 409 g/mol. The van der Waals surface area contributed by atoms with Gasteiger partial charge >= 0.3 is 0 Å². The number of halogens is 2. The minimum atomic E-state index is -0.133. The largest absolute Gasteiger partial charge is 0.348 e. The molecule has 0 spiro atoms. The van der Waals surface area contributed by atoms with Gasteiger partial charge in [0.25, 0.3) is 5.91 Å². The highest BCUT2D eigenvalue weighted by Gasteiger charge is 2.21. The molecular formula is C21H29Cl2N5O. The van der Waals surface area contributed by atoms with Crippen LogP contribution in [0.4, 0.5) is 0 Å². The Morgan fingerprint density at radius 1 is 1.21 bits per heavy atom. The maximum Gasteiger partial charge on any atom is 0.252 e. The van der Waals surface area contributed by atoms with Crippen LogP contribution in [-0.4, -0.2) is 33.3 Å². The Hall–Kier alpha value is -2.15. The van der Waals surface area contributed by atoms with Crippen molar-refractivity contribution < 1.29 is 4.79 Å². The molecule has 8 heteroatoms. The Labute approximate surface area is 184 Å². The predicted molar refractivity (Wildman–Crippen MR) is 123 cm³/mol. The average Bonchev–Trinajstić information content (AvgIpc) is 2.94. The first kappa shape index (κ1) is 24.9. The van der Waals surface area contributed by atoms with Crippen LogP contribution in [0.5, 0.6) is 0 Å². The van der Waals surface area contributed by atoms with E-state index < -0.39 is 0 Å². The molecule has 0 aliphatic carbocycles. The average molecular weight is 438 g/mol. The molecule has 0 saturated carbocycles. The first-order chi connectivity index (χ1) is 12.9. The summed E-state index contributed by atoms with van der Waals surface area (Å²) < 4.78 is 1.72. The van der Waals surface area contributed by atoms with Gasteiger partial charge in [-0.25, -0.2) is 4.98 Å². The summed E-state index contributed by atoms with van der Waals surface area (Å²) in [4.78, 5) is 17.9. The van der Waals surface area contributed by atoms with Gasteiger partial charge in [0.15, 0.2) is 5.65 Å². The van der Waals surface area contributed by atoms with E-state index in [2.05, 4.69) is 24.3 Å². The fourth-order valence-electron chi connectivity index (χ4n) is 3.43. The number of pyridine rings is 1. The summed E-state index contributed by atoms with van der Waals surface area (Å²) >= 11 is 0. The molecule has 3 rings (SSSR count). The van der Waals surface area contributed by atoms with E-state index in [0.717, 1.165) is 28.8 Å². The summed E-state index contributed by atoms with van der Waals surface area (Å²) in [6, 6.07) is 11.6. The topological polar surface area (TPSA) is 85.8 Å². The second-order valence-electron chi connectivity index (χ2n) is 7.36. The van der Waals surface area contributed by atoms with E-state index >= 15 is 0 Å². The summed E-state index contributed by atoms with van der Waals surface area (Å²) in [5.74, 6) is 0.322. The van der Waals surface area contributed by atoms with Crippen molar-refractivity contribution in [3.05, 3.63) is 47.7 Å². The van der Waals surface area contributed by atoms with Crippen LogP contribution in [0.3, 0.4) is 0 Å². The van der Waals surface area contributed by atoms with Crippen LogP contribution in [0.2, 0.25) is 0 Å². The molecule has 158 valence electrons. The number of carbonyl (C=O) groups is 1. The zero-order valence-electron chi connectivity index (χ0n) is 17.2. The van der Waals surface area contributed by atoms with Gasteiger partial charge in [-0.05, 0) is 25.3 Å². The van der Waals surface area contributed by atoms with Gasteiger partial charge in [0.05, 0.1) is 22.3 Å². The fourth-order valence-corrected chi connectivity index (χ4v) is 3.43. The Kier molecular flexibility index (Phi) is 9.08. The molecule has 1 aromatic carbocycles. The van der Waals surface area contributed by atoms with Gasteiger partial charge in [-0.2, -0.15) is 5.10 Å². The smallest absolute Gasteiger partial charge is 0.252 e. The first-order valence-electron chi connectivity index (χ1n) is 9.31. The molecule has 0 fully saturated rings. The first-order valence-corrected chi connectivity index (χ1v) is 9.31. The molecule has 1 atom stereocenters. The number of nitrogens with zero attached hydrogens (tertiary/aromatic N) is 3. The van der Waals surface area contributed by atoms with Crippen molar-refractivity contribution in [2.45, 2.75) is 33.2 Å². The monoisotopic (exact) mass is 437 g/mol. The molecule has 2 aromatic heterocycles. The van der Waals surface area contributed by atoms with Gasteiger partial charge in [-0.3, -0.25) is 9.48 Å². The lowest BCUT2D eigenvalue weighted by Crippen LogP contribution is -2.41. The molecule has 1 unspecified atom stereocenters. The molecule has 0 aliphatic heterocycles. The van der Waals surface area contributed by atoms with Gasteiger partial charge in [0.1, 0.15) is 0 Å². The molecule has 0 aliphatic rings. The number of benzene rings is 1. The van der Waals surface area contributed by atoms with Crippen molar-refractivity contribution in [2.24, 2.45) is 18.7 Å². The maximum absolute atomic E-state index is 13.1. The van der Waals surface area contributed by atoms with Crippen molar-refractivity contribution in [1.29, 1.82) is 0 Å². The van der Waals surface area contributed by atoms with Gasteiger partial charge in [-0.15, -0.1) is 24.8 Å². The number of hydrogen-bond acceptors (Lipinski definition) is 4. The summed E-state index contributed by atoms with van der Waals surface area (Å²) in [5, 5.41) is 8.35. The molecule has 2 heterocycles. The lowest BCUT2D eigenvalue weighted by atomic mass is 10.0. The summed E-state index contributed by atoms with van der Waals surface area (Å²) in [6.45, 7) is 6.56. The van der Waals surface area contributed by atoms with E-state index in [1.54, 1.807) is 4.68 Å². The molecule has 1 amide bonds. The second-order valence-corrected chi connectivity index (χ2v) is 7.36. The molecule has 29 heavy (non-hydrogen) atoms. The van der Waals surface area contributed by atoms with Crippen molar-refractivity contribution in [3.63, 3.8) is 0 Å².